The van der Waals surface area contributed by atoms with E-state index in [1.165, 1.54) is 6.07 Å². The van der Waals surface area contributed by atoms with Gasteiger partial charge in [0.15, 0.2) is 0 Å². The number of hydrogen-bond donors (Lipinski definition) is 0. The molecular formula is C22H21F3N4OS. The molecule has 0 aromatic carbocycles. The lowest BCUT2D eigenvalue weighted by Gasteiger charge is -2.49. The molecule has 0 radical (unpaired) electrons. The number of hydrogen-bond acceptors (Lipinski definition) is 6. The first kappa shape index (κ1) is 20.4. The minimum Gasteiger partial charge on any atom is -0.473 e. The van der Waals surface area contributed by atoms with Crippen LogP contribution in [0.1, 0.15) is 30.5 Å². The van der Waals surface area contributed by atoms with Gasteiger partial charge in [0, 0.05) is 54.7 Å². The molecule has 2 bridgehead atoms. The fourth-order valence-electron chi connectivity index (χ4n) is 4.64. The van der Waals surface area contributed by atoms with E-state index in [1.807, 2.05) is 17.5 Å². The third-order valence-corrected chi connectivity index (χ3v) is 6.88. The Morgan fingerprint density at radius 1 is 1.10 bits per heavy atom. The molecule has 0 amide bonds. The van der Waals surface area contributed by atoms with Crippen LogP contribution in [0.4, 0.5) is 13.2 Å². The minimum absolute atomic E-state index is 0.0937. The van der Waals surface area contributed by atoms with E-state index in [1.54, 1.807) is 23.7 Å². The molecule has 3 fully saturated rings. The quantitative estimate of drug-likeness (QED) is 0.549. The van der Waals surface area contributed by atoms with Crippen molar-refractivity contribution in [1.82, 2.24) is 19.9 Å². The van der Waals surface area contributed by atoms with Crippen molar-refractivity contribution in [2.75, 3.05) is 6.54 Å². The summed E-state index contributed by atoms with van der Waals surface area (Å²) in [5.41, 5.74) is 1.26. The number of alkyl halides is 3. The lowest BCUT2D eigenvalue weighted by Crippen LogP contribution is -2.57. The molecule has 0 N–H and O–H groups in total. The van der Waals surface area contributed by atoms with E-state index < -0.39 is 11.7 Å². The Bertz CT molecular complexity index is 1030. The number of piperidine rings is 2. The lowest BCUT2D eigenvalue weighted by molar-refractivity contribution is -0.137. The first-order valence-corrected chi connectivity index (χ1v) is 11.1. The molecule has 162 valence electrons. The van der Waals surface area contributed by atoms with Crippen LogP contribution in [0, 0.1) is 5.92 Å². The molecule has 2 aliphatic heterocycles. The Labute approximate surface area is 181 Å². The third kappa shape index (κ3) is 4.29. The molecule has 31 heavy (non-hydrogen) atoms. The number of pyridine rings is 2. The van der Waals surface area contributed by atoms with E-state index in [2.05, 4.69) is 19.9 Å². The Morgan fingerprint density at radius 3 is 2.71 bits per heavy atom. The number of fused-ring (bicyclic) bond motifs is 3. The molecular weight excluding hydrogens is 425 g/mol. The van der Waals surface area contributed by atoms with E-state index in [0.29, 0.717) is 12.5 Å². The van der Waals surface area contributed by atoms with Gasteiger partial charge in [0.05, 0.1) is 11.3 Å². The van der Waals surface area contributed by atoms with Crippen molar-refractivity contribution in [2.24, 2.45) is 5.92 Å². The maximum atomic E-state index is 12.8. The Balaban J connectivity index is 1.32. The second-order valence-electron chi connectivity index (χ2n) is 8.05. The summed E-state index contributed by atoms with van der Waals surface area (Å²) in [6, 6.07) is 6.48. The van der Waals surface area contributed by atoms with Crippen LogP contribution in [0.3, 0.4) is 0 Å². The van der Waals surface area contributed by atoms with E-state index >= 15 is 0 Å². The van der Waals surface area contributed by atoms with Crippen LogP contribution in [0.2, 0.25) is 0 Å². The SMILES string of the molecule is FC(F)(F)c1ccc(OC2CC3CCC2N(Cc2ncccc2-c2nccs2)C3)nc1. The normalized spacial score (nSPS) is 23.8. The first-order valence-electron chi connectivity index (χ1n) is 10.2. The molecule has 3 aromatic heterocycles. The fourth-order valence-corrected chi connectivity index (χ4v) is 5.32. The van der Waals surface area contributed by atoms with Gasteiger partial charge in [0.2, 0.25) is 5.88 Å². The molecule has 3 unspecified atom stereocenters. The van der Waals surface area contributed by atoms with Crippen LogP contribution in [-0.2, 0) is 12.7 Å². The van der Waals surface area contributed by atoms with Gasteiger partial charge in [-0.25, -0.2) is 9.97 Å². The Kier molecular flexibility index (Phi) is 5.39. The highest BCUT2D eigenvalue weighted by Gasteiger charge is 2.42. The third-order valence-electron chi connectivity index (χ3n) is 6.07. The molecule has 5 nitrogen and oxygen atoms in total. The summed E-state index contributed by atoms with van der Waals surface area (Å²) in [5.74, 6) is 0.739. The van der Waals surface area contributed by atoms with Crippen LogP contribution in [0.5, 0.6) is 5.88 Å². The molecule has 3 atom stereocenters. The summed E-state index contributed by atoms with van der Waals surface area (Å²) in [6.45, 7) is 1.66. The highest BCUT2D eigenvalue weighted by molar-refractivity contribution is 7.13. The maximum absolute atomic E-state index is 12.8. The van der Waals surface area contributed by atoms with Gasteiger partial charge < -0.3 is 4.74 Å². The van der Waals surface area contributed by atoms with Gasteiger partial charge >= 0.3 is 6.18 Å². The molecule has 3 aromatic rings. The predicted octanol–water partition coefficient (Wildman–Crippen LogP) is 5.05. The average Bonchev–Trinajstić information content (AvgIpc) is 3.29. The summed E-state index contributed by atoms with van der Waals surface area (Å²) >= 11 is 1.59. The van der Waals surface area contributed by atoms with Gasteiger partial charge in [-0.2, -0.15) is 13.2 Å². The number of halogens is 3. The highest BCUT2D eigenvalue weighted by atomic mass is 32.1. The number of aromatic nitrogens is 3. The van der Waals surface area contributed by atoms with Crippen LogP contribution in [-0.4, -0.2) is 38.5 Å². The van der Waals surface area contributed by atoms with E-state index in [9.17, 15) is 13.2 Å². The van der Waals surface area contributed by atoms with E-state index in [-0.39, 0.29) is 18.0 Å². The summed E-state index contributed by atoms with van der Waals surface area (Å²) in [6.07, 6.45) is 2.97. The minimum atomic E-state index is -4.40. The monoisotopic (exact) mass is 446 g/mol. The summed E-state index contributed by atoms with van der Waals surface area (Å²) in [7, 11) is 0. The van der Waals surface area contributed by atoms with Gasteiger partial charge in [-0.1, -0.05) is 0 Å². The standard InChI is InChI=1S/C22H21F3N4OS/c23-22(24,25)15-4-6-20(28-11-15)30-19-10-14-3-5-18(19)29(12-14)13-17-16(2-1-7-26-17)21-27-8-9-31-21/h1-2,4,6-9,11,14,18-19H,3,5,10,12-13H2. The molecule has 2 saturated heterocycles. The smallest absolute Gasteiger partial charge is 0.417 e. The van der Waals surface area contributed by atoms with E-state index in [0.717, 1.165) is 54.3 Å². The first-order chi connectivity index (χ1) is 15.0. The largest absolute Gasteiger partial charge is 0.473 e. The van der Waals surface area contributed by atoms with Crippen LogP contribution in [0.15, 0.2) is 48.2 Å². The highest BCUT2D eigenvalue weighted by Crippen LogP contribution is 2.39. The molecule has 6 rings (SSSR count). The number of rotatable bonds is 5. The molecule has 3 aliphatic rings. The number of ether oxygens (including phenoxy) is 1. The van der Waals surface area contributed by atoms with Gasteiger partial charge in [-0.15, -0.1) is 11.3 Å². The van der Waals surface area contributed by atoms with Crippen molar-refractivity contribution in [1.29, 1.82) is 0 Å². The maximum Gasteiger partial charge on any atom is 0.417 e. The second kappa shape index (κ2) is 8.20. The van der Waals surface area contributed by atoms with Gasteiger partial charge in [0.1, 0.15) is 11.1 Å². The van der Waals surface area contributed by atoms with Crippen molar-refractivity contribution < 1.29 is 17.9 Å². The molecule has 0 spiro atoms. The topological polar surface area (TPSA) is 51.1 Å². The van der Waals surface area contributed by atoms with Crippen molar-refractivity contribution in [3.63, 3.8) is 0 Å². The fraction of sp³-hybridized carbons (Fsp3) is 0.409. The zero-order valence-electron chi connectivity index (χ0n) is 16.6. The van der Waals surface area contributed by atoms with Gasteiger partial charge in [-0.3, -0.25) is 9.88 Å². The Morgan fingerprint density at radius 2 is 2.00 bits per heavy atom. The van der Waals surface area contributed by atoms with Crippen LogP contribution >= 0.6 is 11.3 Å². The van der Waals surface area contributed by atoms with Crippen molar-refractivity contribution in [3.8, 4) is 16.5 Å². The zero-order chi connectivity index (χ0) is 21.4. The number of nitrogens with zero attached hydrogens (tertiary/aromatic N) is 4. The van der Waals surface area contributed by atoms with Crippen molar-refractivity contribution >= 4 is 11.3 Å². The van der Waals surface area contributed by atoms with E-state index in [4.69, 9.17) is 4.74 Å². The van der Waals surface area contributed by atoms with Crippen molar-refractivity contribution in [2.45, 2.75) is 44.1 Å². The van der Waals surface area contributed by atoms with Gasteiger partial charge in [0.25, 0.3) is 0 Å². The summed E-state index contributed by atoms with van der Waals surface area (Å²) in [4.78, 5) is 15.3. The lowest BCUT2D eigenvalue weighted by atomic mass is 9.77. The molecule has 1 aliphatic carbocycles. The van der Waals surface area contributed by atoms with Gasteiger partial charge in [-0.05, 0) is 43.4 Å². The Hall–Kier alpha value is -2.52. The molecule has 1 saturated carbocycles. The molecule has 9 heteroatoms. The second-order valence-corrected chi connectivity index (χ2v) is 8.94. The molecule has 5 heterocycles. The average molecular weight is 446 g/mol. The summed E-state index contributed by atoms with van der Waals surface area (Å²) < 4.78 is 44.5. The van der Waals surface area contributed by atoms with Crippen molar-refractivity contribution in [3.05, 3.63) is 59.5 Å². The summed E-state index contributed by atoms with van der Waals surface area (Å²) in [5, 5.41) is 2.91. The van der Waals surface area contributed by atoms with Crippen LogP contribution < -0.4 is 4.74 Å². The van der Waals surface area contributed by atoms with Crippen LogP contribution in [0.25, 0.3) is 10.6 Å². The predicted molar refractivity (Wildman–Crippen MR) is 111 cm³/mol. The zero-order valence-corrected chi connectivity index (χ0v) is 17.4. The number of thiazole rings is 1.